The molecule has 0 aromatic carbocycles. The zero-order chi connectivity index (χ0) is 17.2. The molecule has 5 heteroatoms. The van der Waals surface area contributed by atoms with Gasteiger partial charge in [-0.3, -0.25) is 11.3 Å². The summed E-state index contributed by atoms with van der Waals surface area (Å²) in [7, 11) is 0. The molecule has 134 valence electrons. The molecule has 23 heavy (non-hydrogen) atoms. The SMILES string of the molecule is CC1CCC(C(NN)C2CCN(C(=O)OC(C)(C)C)C2)CC1C. The molecule has 2 aliphatic rings. The van der Waals surface area contributed by atoms with Crippen LogP contribution in [0, 0.1) is 23.7 Å². The van der Waals surface area contributed by atoms with E-state index in [-0.39, 0.29) is 6.09 Å². The number of amides is 1. The lowest BCUT2D eigenvalue weighted by molar-refractivity contribution is 0.0280. The van der Waals surface area contributed by atoms with Gasteiger partial charge in [0, 0.05) is 19.1 Å². The number of hydrazine groups is 1. The smallest absolute Gasteiger partial charge is 0.410 e. The monoisotopic (exact) mass is 325 g/mol. The number of likely N-dealkylation sites (tertiary alicyclic amines) is 1. The van der Waals surface area contributed by atoms with Crippen molar-refractivity contribution in [3.63, 3.8) is 0 Å². The Morgan fingerprint density at radius 2 is 1.87 bits per heavy atom. The molecule has 1 saturated carbocycles. The van der Waals surface area contributed by atoms with Crippen LogP contribution in [0.15, 0.2) is 0 Å². The minimum Gasteiger partial charge on any atom is -0.444 e. The molecule has 0 bridgehead atoms. The first kappa shape index (κ1) is 18.5. The molecule has 2 rings (SSSR count). The molecule has 1 aliphatic carbocycles. The summed E-state index contributed by atoms with van der Waals surface area (Å²) in [5.74, 6) is 8.52. The lowest BCUT2D eigenvalue weighted by Gasteiger charge is -2.38. The zero-order valence-electron chi connectivity index (χ0n) is 15.5. The Morgan fingerprint density at radius 1 is 1.17 bits per heavy atom. The predicted molar refractivity (Wildman–Crippen MR) is 92.7 cm³/mol. The van der Waals surface area contributed by atoms with Crippen molar-refractivity contribution in [2.75, 3.05) is 13.1 Å². The topological polar surface area (TPSA) is 67.6 Å². The average molecular weight is 325 g/mol. The van der Waals surface area contributed by atoms with Crippen LogP contribution in [0.5, 0.6) is 0 Å². The van der Waals surface area contributed by atoms with Gasteiger partial charge in [0.1, 0.15) is 5.60 Å². The van der Waals surface area contributed by atoms with E-state index < -0.39 is 5.60 Å². The van der Waals surface area contributed by atoms with Gasteiger partial charge in [-0.2, -0.15) is 0 Å². The van der Waals surface area contributed by atoms with Crippen molar-refractivity contribution in [3.8, 4) is 0 Å². The van der Waals surface area contributed by atoms with Gasteiger partial charge in [-0.15, -0.1) is 0 Å². The summed E-state index contributed by atoms with van der Waals surface area (Å²) < 4.78 is 5.50. The number of hydrogen-bond donors (Lipinski definition) is 2. The molecule has 5 nitrogen and oxygen atoms in total. The van der Waals surface area contributed by atoms with Gasteiger partial charge in [0.05, 0.1) is 0 Å². The maximum atomic E-state index is 12.2. The molecule has 2 fully saturated rings. The van der Waals surface area contributed by atoms with Crippen LogP contribution in [0.1, 0.15) is 60.3 Å². The van der Waals surface area contributed by atoms with E-state index in [2.05, 4.69) is 19.3 Å². The summed E-state index contributed by atoms with van der Waals surface area (Å²) in [6.45, 7) is 12.0. The molecule has 0 aromatic rings. The average Bonchev–Trinajstić information content (AvgIpc) is 2.91. The van der Waals surface area contributed by atoms with Crippen LogP contribution in [-0.2, 0) is 4.74 Å². The summed E-state index contributed by atoms with van der Waals surface area (Å²) in [5.41, 5.74) is 2.64. The van der Waals surface area contributed by atoms with Crippen LogP contribution in [0.25, 0.3) is 0 Å². The van der Waals surface area contributed by atoms with Gasteiger partial charge in [0.15, 0.2) is 0 Å². The Balaban J connectivity index is 1.92. The molecule has 0 aromatic heterocycles. The number of ether oxygens (including phenoxy) is 1. The Bertz CT molecular complexity index is 408. The summed E-state index contributed by atoms with van der Waals surface area (Å²) in [4.78, 5) is 14.1. The van der Waals surface area contributed by atoms with Crippen molar-refractivity contribution in [1.29, 1.82) is 0 Å². The Labute approximate surface area is 141 Å². The third-order valence-electron chi connectivity index (χ3n) is 5.72. The van der Waals surface area contributed by atoms with E-state index in [9.17, 15) is 4.79 Å². The maximum Gasteiger partial charge on any atom is 0.410 e. The number of carbonyl (C=O) groups excluding carboxylic acids is 1. The summed E-state index contributed by atoms with van der Waals surface area (Å²) in [5, 5.41) is 0. The molecular weight excluding hydrogens is 290 g/mol. The van der Waals surface area contributed by atoms with Gasteiger partial charge in [0.25, 0.3) is 0 Å². The minimum atomic E-state index is -0.435. The van der Waals surface area contributed by atoms with E-state index in [1.54, 1.807) is 0 Å². The minimum absolute atomic E-state index is 0.193. The Kier molecular flexibility index (Phi) is 5.95. The van der Waals surface area contributed by atoms with Gasteiger partial charge in [-0.25, -0.2) is 4.79 Å². The highest BCUT2D eigenvalue weighted by atomic mass is 16.6. The highest BCUT2D eigenvalue weighted by molar-refractivity contribution is 5.68. The molecule has 1 aliphatic heterocycles. The van der Waals surface area contributed by atoms with Gasteiger partial charge < -0.3 is 9.64 Å². The van der Waals surface area contributed by atoms with E-state index in [0.717, 1.165) is 31.3 Å². The molecule has 1 amide bonds. The highest BCUT2D eigenvalue weighted by Gasteiger charge is 2.38. The lowest BCUT2D eigenvalue weighted by Crippen LogP contribution is -2.49. The molecule has 1 heterocycles. The maximum absolute atomic E-state index is 12.2. The van der Waals surface area contributed by atoms with Crippen LogP contribution in [0.4, 0.5) is 4.79 Å². The van der Waals surface area contributed by atoms with E-state index in [0.29, 0.717) is 17.9 Å². The van der Waals surface area contributed by atoms with Gasteiger partial charge in [0.2, 0.25) is 0 Å². The number of hydrogen-bond acceptors (Lipinski definition) is 4. The summed E-state index contributed by atoms with van der Waals surface area (Å²) >= 11 is 0. The van der Waals surface area contributed by atoms with Gasteiger partial charge in [-0.05, 0) is 63.7 Å². The van der Waals surface area contributed by atoms with E-state index >= 15 is 0 Å². The van der Waals surface area contributed by atoms with Crippen LogP contribution < -0.4 is 11.3 Å². The van der Waals surface area contributed by atoms with Crippen molar-refractivity contribution in [2.45, 2.75) is 71.9 Å². The van der Waals surface area contributed by atoms with Crippen molar-refractivity contribution in [3.05, 3.63) is 0 Å². The van der Waals surface area contributed by atoms with Crippen molar-refractivity contribution >= 4 is 6.09 Å². The number of nitrogens with two attached hydrogens (primary N) is 1. The third-order valence-corrected chi connectivity index (χ3v) is 5.72. The van der Waals surface area contributed by atoms with Gasteiger partial charge >= 0.3 is 6.09 Å². The predicted octanol–water partition coefficient (Wildman–Crippen LogP) is 3.15. The second kappa shape index (κ2) is 7.39. The number of nitrogens with one attached hydrogen (secondary N) is 1. The molecular formula is C18H35N3O2. The Morgan fingerprint density at radius 3 is 2.43 bits per heavy atom. The quantitative estimate of drug-likeness (QED) is 0.618. The fraction of sp³-hybridized carbons (Fsp3) is 0.944. The normalized spacial score (nSPS) is 33.6. The van der Waals surface area contributed by atoms with E-state index in [1.807, 2.05) is 25.7 Å². The fourth-order valence-electron chi connectivity index (χ4n) is 4.15. The standard InChI is InChI=1S/C18H35N3O2/c1-12-6-7-14(10-13(12)2)16(20-19)15-8-9-21(11-15)17(22)23-18(3,4)5/h12-16,20H,6-11,19H2,1-5H3. The van der Waals surface area contributed by atoms with Crippen LogP contribution in [0.3, 0.4) is 0 Å². The first-order valence-corrected chi connectivity index (χ1v) is 9.15. The van der Waals surface area contributed by atoms with Crippen LogP contribution >= 0.6 is 0 Å². The Hall–Kier alpha value is -0.810. The third kappa shape index (κ3) is 4.83. The van der Waals surface area contributed by atoms with Crippen molar-refractivity contribution in [2.24, 2.45) is 29.5 Å². The van der Waals surface area contributed by atoms with Gasteiger partial charge in [-0.1, -0.05) is 20.3 Å². The fourth-order valence-corrected chi connectivity index (χ4v) is 4.15. The van der Waals surface area contributed by atoms with Crippen LogP contribution in [0.2, 0.25) is 0 Å². The van der Waals surface area contributed by atoms with E-state index in [4.69, 9.17) is 10.6 Å². The second-order valence-corrected chi connectivity index (χ2v) is 8.70. The summed E-state index contributed by atoms with van der Waals surface area (Å²) in [6, 6.07) is 0.303. The van der Waals surface area contributed by atoms with Crippen molar-refractivity contribution < 1.29 is 9.53 Å². The summed E-state index contributed by atoms with van der Waals surface area (Å²) in [6.07, 6.45) is 4.57. The second-order valence-electron chi connectivity index (χ2n) is 8.70. The number of nitrogens with zero attached hydrogens (tertiary/aromatic N) is 1. The lowest BCUT2D eigenvalue weighted by atomic mass is 9.71. The first-order valence-electron chi connectivity index (χ1n) is 9.15. The number of carbonyl (C=O) groups is 1. The zero-order valence-corrected chi connectivity index (χ0v) is 15.5. The largest absolute Gasteiger partial charge is 0.444 e. The van der Waals surface area contributed by atoms with Crippen molar-refractivity contribution in [1.82, 2.24) is 10.3 Å². The molecule has 0 spiro atoms. The van der Waals surface area contributed by atoms with Crippen LogP contribution in [-0.4, -0.2) is 35.7 Å². The molecule has 3 N–H and O–H groups in total. The molecule has 0 radical (unpaired) electrons. The molecule has 5 unspecified atom stereocenters. The molecule has 5 atom stereocenters. The van der Waals surface area contributed by atoms with E-state index in [1.165, 1.54) is 19.3 Å². The molecule has 1 saturated heterocycles. The number of rotatable bonds is 3. The highest BCUT2D eigenvalue weighted by Crippen LogP contribution is 2.38. The first-order chi connectivity index (χ1) is 10.7.